The van der Waals surface area contributed by atoms with E-state index < -0.39 is 0 Å². The first kappa shape index (κ1) is 12.4. The Kier molecular flexibility index (Phi) is 3.36. The Balaban J connectivity index is 1.94. The highest BCUT2D eigenvalue weighted by Crippen LogP contribution is 2.25. The molecule has 19 heavy (non-hydrogen) atoms. The molecule has 2 aromatic heterocycles. The predicted octanol–water partition coefficient (Wildman–Crippen LogP) is 2.03. The second kappa shape index (κ2) is 5.15. The van der Waals surface area contributed by atoms with Gasteiger partial charge in [-0.3, -0.25) is 9.20 Å². The first-order valence-corrected chi connectivity index (χ1v) is 7.22. The van der Waals surface area contributed by atoms with E-state index in [4.69, 9.17) is 0 Å². The fourth-order valence-corrected chi connectivity index (χ4v) is 2.98. The van der Waals surface area contributed by atoms with Gasteiger partial charge in [-0.25, -0.2) is 0 Å². The van der Waals surface area contributed by atoms with Crippen molar-refractivity contribution in [2.45, 2.75) is 52.0 Å². The fourth-order valence-electron chi connectivity index (χ4n) is 2.98. The number of nitrogens with zero attached hydrogens (tertiary/aromatic N) is 4. The summed E-state index contributed by atoms with van der Waals surface area (Å²) < 4.78 is 3.63. The van der Waals surface area contributed by atoms with Crippen LogP contribution in [0.15, 0.2) is 17.2 Å². The number of hydrogen-bond acceptors (Lipinski definition) is 3. The summed E-state index contributed by atoms with van der Waals surface area (Å²) >= 11 is 0. The molecule has 1 fully saturated rings. The molecule has 102 valence electrons. The summed E-state index contributed by atoms with van der Waals surface area (Å²) in [6.07, 6.45) is 10.8. The highest BCUT2D eigenvalue weighted by Gasteiger charge is 2.17. The van der Waals surface area contributed by atoms with Crippen LogP contribution in [0.3, 0.4) is 0 Å². The van der Waals surface area contributed by atoms with Gasteiger partial charge in [-0.1, -0.05) is 19.8 Å². The van der Waals surface area contributed by atoms with Crippen LogP contribution in [0.1, 0.15) is 44.9 Å². The van der Waals surface area contributed by atoms with Gasteiger partial charge < -0.3 is 4.57 Å². The molecule has 0 radical (unpaired) electrons. The fraction of sp³-hybridized carbons (Fsp3) is 0.643. The zero-order chi connectivity index (χ0) is 13.2. The Labute approximate surface area is 112 Å². The highest BCUT2D eigenvalue weighted by molar-refractivity contribution is 5.34. The lowest BCUT2D eigenvalue weighted by Crippen LogP contribution is -2.24. The Morgan fingerprint density at radius 2 is 2.05 bits per heavy atom. The maximum Gasteiger partial charge on any atom is 0.296 e. The van der Waals surface area contributed by atoms with Crippen LogP contribution < -0.4 is 5.56 Å². The molecule has 0 saturated heterocycles. The molecule has 3 rings (SSSR count). The smallest absolute Gasteiger partial charge is 0.296 e. The molecule has 5 heteroatoms. The monoisotopic (exact) mass is 260 g/mol. The standard InChI is InChI=1S/C14H20N4O/c1-2-5-12-15-16-13-14(19)17(8-9-18(12)13)10-11-6-3-4-7-11/h8-9,11H,2-7,10H2,1H3. The lowest BCUT2D eigenvalue weighted by molar-refractivity contribution is 0.448. The molecule has 2 aromatic rings. The van der Waals surface area contributed by atoms with Crippen molar-refractivity contribution in [3.05, 3.63) is 28.6 Å². The lowest BCUT2D eigenvalue weighted by Gasteiger charge is -2.11. The van der Waals surface area contributed by atoms with Gasteiger partial charge in [-0.2, -0.15) is 0 Å². The minimum atomic E-state index is -0.00995. The molecular formula is C14H20N4O. The number of rotatable bonds is 4. The van der Waals surface area contributed by atoms with Crippen LogP contribution in [0, 0.1) is 5.92 Å². The zero-order valence-electron chi connectivity index (χ0n) is 11.4. The van der Waals surface area contributed by atoms with Crippen molar-refractivity contribution >= 4 is 5.65 Å². The molecule has 1 aliphatic rings. The normalized spacial score (nSPS) is 16.5. The van der Waals surface area contributed by atoms with Crippen LogP contribution in [0.2, 0.25) is 0 Å². The minimum absolute atomic E-state index is 0.00995. The maximum atomic E-state index is 12.4. The minimum Gasteiger partial charge on any atom is -0.311 e. The number of fused-ring (bicyclic) bond motifs is 1. The van der Waals surface area contributed by atoms with Crippen LogP contribution >= 0.6 is 0 Å². The lowest BCUT2D eigenvalue weighted by atomic mass is 10.1. The van der Waals surface area contributed by atoms with Crippen molar-refractivity contribution in [1.82, 2.24) is 19.2 Å². The van der Waals surface area contributed by atoms with Gasteiger partial charge >= 0.3 is 0 Å². The van der Waals surface area contributed by atoms with Crippen LogP contribution in [0.5, 0.6) is 0 Å². The summed E-state index contributed by atoms with van der Waals surface area (Å²) in [4.78, 5) is 12.4. The number of aryl methyl sites for hydroxylation is 1. The van der Waals surface area contributed by atoms with Crippen LogP contribution in [0.4, 0.5) is 0 Å². The Hall–Kier alpha value is -1.65. The molecule has 5 nitrogen and oxygen atoms in total. The van der Waals surface area contributed by atoms with Crippen molar-refractivity contribution in [1.29, 1.82) is 0 Å². The first-order valence-electron chi connectivity index (χ1n) is 7.22. The van der Waals surface area contributed by atoms with Crippen molar-refractivity contribution in [2.75, 3.05) is 0 Å². The molecule has 0 bridgehead atoms. The molecule has 0 aromatic carbocycles. The molecule has 0 unspecified atom stereocenters. The van der Waals surface area contributed by atoms with Gasteiger partial charge in [0.2, 0.25) is 5.65 Å². The van der Waals surface area contributed by atoms with Crippen LogP contribution in [-0.4, -0.2) is 19.2 Å². The van der Waals surface area contributed by atoms with Crippen LogP contribution in [-0.2, 0) is 13.0 Å². The molecule has 0 atom stereocenters. The Morgan fingerprint density at radius 3 is 2.79 bits per heavy atom. The molecule has 0 aliphatic heterocycles. The predicted molar refractivity (Wildman–Crippen MR) is 73.2 cm³/mol. The van der Waals surface area contributed by atoms with Gasteiger partial charge in [0.05, 0.1) is 0 Å². The second-order valence-electron chi connectivity index (χ2n) is 5.47. The summed E-state index contributed by atoms with van der Waals surface area (Å²) in [6, 6.07) is 0. The molecule has 1 saturated carbocycles. The molecule has 1 aliphatic carbocycles. The van der Waals surface area contributed by atoms with E-state index in [0.29, 0.717) is 11.6 Å². The quantitative estimate of drug-likeness (QED) is 0.845. The van der Waals surface area contributed by atoms with Crippen molar-refractivity contribution in [3.63, 3.8) is 0 Å². The topological polar surface area (TPSA) is 52.2 Å². The van der Waals surface area contributed by atoms with Gasteiger partial charge in [-0.05, 0) is 25.2 Å². The van der Waals surface area contributed by atoms with E-state index in [1.54, 1.807) is 4.57 Å². The van der Waals surface area contributed by atoms with E-state index in [-0.39, 0.29) is 5.56 Å². The van der Waals surface area contributed by atoms with E-state index in [0.717, 1.165) is 25.2 Å². The first-order chi connectivity index (χ1) is 9.29. The molecular weight excluding hydrogens is 240 g/mol. The van der Waals surface area contributed by atoms with Gasteiger partial charge in [0.25, 0.3) is 5.56 Å². The largest absolute Gasteiger partial charge is 0.311 e. The second-order valence-corrected chi connectivity index (χ2v) is 5.47. The van der Waals surface area contributed by atoms with Crippen molar-refractivity contribution in [3.8, 4) is 0 Å². The summed E-state index contributed by atoms with van der Waals surface area (Å²) in [5.74, 6) is 1.53. The number of aromatic nitrogens is 4. The average Bonchev–Trinajstić information content (AvgIpc) is 3.04. The summed E-state index contributed by atoms with van der Waals surface area (Å²) in [5.41, 5.74) is 0.452. The van der Waals surface area contributed by atoms with E-state index >= 15 is 0 Å². The summed E-state index contributed by atoms with van der Waals surface area (Å²) in [6.45, 7) is 2.92. The van der Waals surface area contributed by atoms with Gasteiger partial charge in [-0.15, -0.1) is 10.2 Å². The van der Waals surface area contributed by atoms with Gasteiger partial charge in [0.15, 0.2) is 0 Å². The van der Waals surface area contributed by atoms with E-state index in [1.165, 1.54) is 25.7 Å². The average molecular weight is 260 g/mol. The third-order valence-electron chi connectivity index (χ3n) is 4.02. The highest BCUT2D eigenvalue weighted by atomic mass is 16.1. The Bertz CT molecular complexity index is 622. The molecule has 0 amide bonds. The van der Waals surface area contributed by atoms with E-state index in [1.807, 2.05) is 16.8 Å². The third kappa shape index (κ3) is 2.29. The van der Waals surface area contributed by atoms with E-state index in [2.05, 4.69) is 17.1 Å². The SMILES string of the molecule is CCCc1nnc2c(=O)n(CC3CCCC3)ccn12. The van der Waals surface area contributed by atoms with E-state index in [9.17, 15) is 4.79 Å². The molecule has 0 spiro atoms. The Morgan fingerprint density at radius 1 is 1.26 bits per heavy atom. The van der Waals surface area contributed by atoms with Crippen LogP contribution in [0.25, 0.3) is 5.65 Å². The maximum absolute atomic E-state index is 12.4. The van der Waals surface area contributed by atoms with Crippen molar-refractivity contribution in [2.24, 2.45) is 5.92 Å². The zero-order valence-corrected chi connectivity index (χ0v) is 11.4. The number of hydrogen-bond donors (Lipinski definition) is 0. The van der Waals surface area contributed by atoms with Gasteiger partial charge in [0, 0.05) is 25.4 Å². The summed E-state index contributed by atoms with van der Waals surface area (Å²) in [7, 11) is 0. The molecule has 0 N–H and O–H groups in total. The molecule has 2 heterocycles. The third-order valence-corrected chi connectivity index (χ3v) is 4.02. The van der Waals surface area contributed by atoms with Gasteiger partial charge in [0.1, 0.15) is 5.82 Å². The van der Waals surface area contributed by atoms with Crippen molar-refractivity contribution < 1.29 is 0 Å². The summed E-state index contributed by atoms with van der Waals surface area (Å²) in [5, 5.41) is 8.17.